The summed E-state index contributed by atoms with van der Waals surface area (Å²) in [6.45, 7) is 9.62. The van der Waals surface area contributed by atoms with Crippen LogP contribution in [0.5, 0.6) is 0 Å². The molecule has 90 valence electrons. The van der Waals surface area contributed by atoms with Gasteiger partial charge in [0.2, 0.25) is 0 Å². The van der Waals surface area contributed by atoms with Gasteiger partial charge in [-0.1, -0.05) is 46.5 Å². The molecule has 1 fully saturated rings. The fourth-order valence-electron chi connectivity index (χ4n) is 2.90. The van der Waals surface area contributed by atoms with E-state index in [0.29, 0.717) is 0 Å². The molecule has 0 aromatic rings. The van der Waals surface area contributed by atoms with Gasteiger partial charge in [0.15, 0.2) is 0 Å². The Kier molecular flexibility index (Phi) is 6.31. The van der Waals surface area contributed by atoms with Crippen molar-refractivity contribution in [3.8, 4) is 0 Å². The summed E-state index contributed by atoms with van der Waals surface area (Å²) in [5, 5.41) is 0. The molecule has 1 nitrogen and oxygen atoms in total. The molecule has 0 aromatic heterocycles. The van der Waals surface area contributed by atoms with E-state index in [1.54, 1.807) is 0 Å². The van der Waals surface area contributed by atoms with Gasteiger partial charge in [0.25, 0.3) is 0 Å². The first-order valence-corrected chi connectivity index (χ1v) is 7.02. The van der Waals surface area contributed by atoms with Crippen molar-refractivity contribution in [1.29, 1.82) is 0 Å². The molecule has 0 radical (unpaired) electrons. The highest BCUT2D eigenvalue weighted by Gasteiger charge is 2.22. The van der Waals surface area contributed by atoms with Crippen LogP contribution in [0.15, 0.2) is 0 Å². The van der Waals surface area contributed by atoms with Crippen LogP contribution in [0.4, 0.5) is 0 Å². The maximum absolute atomic E-state index is 2.73. The van der Waals surface area contributed by atoms with Gasteiger partial charge in [-0.3, -0.25) is 0 Å². The van der Waals surface area contributed by atoms with Crippen LogP contribution in [0.25, 0.3) is 0 Å². The van der Waals surface area contributed by atoms with Crippen LogP contribution in [0.3, 0.4) is 0 Å². The quantitative estimate of drug-likeness (QED) is 0.598. The van der Waals surface area contributed by atoms with Gasteiger partial charge in [0.05, 0.1) is 0 Å². The minimum absolute atomic E-state index is 0.899. The second kappa shape index (κ2) is 7.27. The summed E-state index contributed by atoms with van der Waals surface area (Å²) < 4.78 is 0. The molecule has 0 N–H and O–H groups in total. The fraction of sp³-hybridized carbons (Fsp3) is 1.00. The van der Waals surface area contributed by atoms with E-state index in [1.807, 2.05) is 0 Å². The maximum Gasteiger partial charge on any atom is 0.00976 e. The Balaban J connectivity index is 2.29. The predicted octanol–water partition coefficient (Wildman–Crippen LogP) is 4.08. The van der Waals surface area contributed by atoms with Crippen molar-refractivity contribution in [1.82, 2.24) is 4.90 Å². The van der Waals surface area contributed by atoms with Gasteiger partial charge in [0.1, 0.15) is 0 Å². The molecule has 0 bridgehead atoms. The second-order valence-corrected chi connectivity index (χ2v) is 5.26. The van der Waals surface area contributed by atoms with Gasteiger partial charge in [0, 0.05) is 6.04 Å². The summed E-state index contributed by atoms with van der Waals surface area (Å²) in [5.74, 6) is 0.962. The number of nitrogens with zero attached hydrogens (tertiary/aromatic N) is 1. The second-order valence-electron chi connectivity index (χ2n) is 5.26. The smallest absolute Gasteiger partial charge is 0.00976 e. The summed E-state index contributed by atoms with van der Waals surface area (Å²) in [7, 11) is 0. The number of unbranched alkanes of at least 4 members (excludes halogenated alkanes) is 2. The fourth-order valence-corrected chi connectivity index (χ4v) is 2.90. The Bertz CT molecular complexity index is 155. The third-order valence-electron chi connectivity index (χ3n) is 3.88. The Labute approximate surface area is 96.2 Å². The van der Waals surface area contributed by atoms with Gasteiger partial charge >= 0.3 is 0 Å². The summed E-state index contributed by atoms with van der Waals surface area (Å²) in [5.41, 5.74) is 0. The highest BCUT2D eigenvalue weighted by Crippen LogP contribution is 2.27. The standard InChI is InChI=1S/C14H29N/c1-4-6-7-11-15(5-2)14-10-8-9-13(3)12-14/h13-14H,4-12H2,1-3H3. The summed E-state index contributed by atoms with van der Waals surface area (Å²) in [4.78, 5) is 2.73. The van der Waals surface area contributed by atoms with Crippen molar-refractivity contribution in [2.45, 2.75) is 71.8 Å². The third-order valence-corrected chi connectivity index (χ3v) is 3.88. The lowest BCUT2D eigenvalue weighted by Crippen LogP contribution is -2.39. The number of hydrogen-bond donors (Lipinski definition) is 0. The molecule has 1 aliphatic carbocycles. The zero-order valence-electron chi connectivity index (χ0n) is 11.0. The zero-order chi connectivity index (χ0) is 11.1. The van der Waals surface area contributed by atoms with Gasteiger partial charge in [-0.2, -0.15) is 0 Å². The Morgan fingerprint density at radius 3 is 2.53 bits per heavy atom. The molecule has 0 heterocycles. The number of hydrogen-bond acceptors (Lipinski definition) is 1. The normalized spacial score (nSPS) is 27.2. The molecule has 1 rings (SSSR count). The van der Waals surface area contributed by atoms with E-state index in [1.165, 1.54) is 58.0 Å². The monoisotopic (exact) mass is 211 g/mol. The van der Waals surface area contributed by atoms with Crippen molar-refractivity contribution >= 4 is 0 Å². The van der Waals surface area contributed by atoms with Crippen molar-refractivity contribution in [2.75, 3.05) is 13.1 Å². The lowest BCUT2D eigenvalue weighted by Gasteiger charge is -2.36. The van der Waals surface area contributed by atoms with Gasteiger partial charge in [-0.25, -0.2) is 0 Å². The Hall–Kier alpha value is -0.0400. The van der Waals surface area contributed by atoms with Crippen LogP contribution < -0.4 is 0 Å². The van der Waals surface area contributed by atoms with E-state index in [9.17, 15) is 0 Å². The molecular formula is C14H29N. The van der Waals surface area contributed by atoms with Crippen molar-refractivity contribution in [3.63, 3.8) is 0 Å². The average Bonchev–Trinajstić information content (AvgIpc) is 2.24. The van der Waals surface area contributed by atoms with Crippen molar-refractivity contribution in [3.05, 3.63) is 0 Å². The highest BCUT2D eigenvalue weighted by molar-refractivity contribution is 4.78. The molecule has 2 atom stereocenters. The van der Waals surface area contributed by atoms with Crippen molar-refractivity contribution < 1.29 is 0 Å². The number of rotatable bonds is 6. The summed E-state index contributed by atoms with van der Waals surface area (Å²) >= 11 is 0. The first-order valence-electron chi connectivity index (χ1n) is 7.02. The lowest BCUT2D eigenvalue weighted by molar-refractivity contribution is 0.138. The van der Waals surface area contributed by atoms with Crippen LogP contribution in [-0.4, -0.2) is 24.0 Å². The van der Waals surface area contributed by atoms with Crippen LogP contribution >= 0.6 is 0 Å². The van der Waals surface area contributed by atoms with Gasteiger partial charge in [-0.15, -0.1) is 0 Å². The predicted molar refractivity (Wildman–Crippen MR) is 68.2 cm³/mol. The first kappa shape index (κ1) is 13.0. The van der Waals surface area contributed by atoms with Crippen LogP contribution in [0, 0.1) is 5.92 Å². The van der Waals surface area contributed by atoms with E-state index < -0.39 is 0 Å². The van der Waals surface area contributed by atoms with Gasteiger partial charge < -0.3 is 4.90 Å². The molecule has 1 heteroatoms. The molecule has 0 saturated heterocycles. The molecule has 0 aliphatic heterocycles. The van der Waals surface area contributed by atoms with E-state index >= 15 is 0 Å². The third kappa shape index (κ3) is 4.55. The van der Waals surface area contributed by atoms with Crippen LogP contribution in [0.1, 0.15) is 65.7 Å². The van der Waals surface area contributed by atoms with Gasteiger partial charge in [-0.05, 0) is 38.3 Å². The topological polar surface area (TPSA) is 3.24 Å². The van der Waals surface area contributed by atoms with E-state index in [2.05, 4.69) is 25.7 Å². The molecule has 2 unspecified atom stereocenters. The van der Waals surface area contributed by atoms with Crippen LogP contribution in [-0.2, 0) is 0 Å². The molecule has 0 amide bonds. The van der Waals surface area contributed by atoms with E-state index in [0.717, 1.165) is 12.0 Å². The zero-order valence-corrected chi connectivity index (χ0v) is 11.0. The summed E-state index contributed by atoms with van der Waals surface area (Å²) in [6, 6.07) is 0.899. The SMILES string of the molecule is CCCCCN(CC)C1CCCC(C)C1. The maximum atomic E-state index is 2.73. The lowest BCUT2D eigenvalue weighted by atomic mass is 9.86. The van der Waals surface area contributed by atoms with Crippen molar-refractivity contribution in [2.24, 2.45) is 5.92 Å². The average molecular weight is 211 g/mol. The molecule has 1 saturated carbocycles. The highest BCUT2D eigenvalue weighted by atomic mass is 15.1. The molecular weight excluding hydrogens is 182 g/mol. The van der Waals surface area contributed by atoms with E-state index in [4.69, 9.17) is 0 Å². The Morgan fingerprint density at radius 1 is 1.13 bits per heavy atom. The van der Waals surface area contributed by atoms with E-state index in [-0.39, 0.29) is 0 Å². The Morgan fingerprint density at radius 2 is 1.93 bits per heavy atom. The minimum Gasteiger partial charge on any atom is -0.301 e. The first-order chi connectivity index (χ1) is 7.27. The largest absolute Gasteiger partial charge is 0.301 e. The molecule has 0 aromatic carbocycles. The molecule has 15 heavy (non-hydrogen) atoms. The van der Waals surface area contributed by atoms with Crippen LogP contribution in [0.2, 0.25) is 0 Å². The summed E-state index contributed by atoms with van der Waals surface area (Å²) in [6.07, 6.45) is 9.95. The molecule has 0 spiro atoms. The molecule has 1 aliphatic rings. The minimum atomic E-state index is 0.899.